The van der Waals surface area contributed by atoms with Gasteiger partial charge < -0.3 is 14.6 Å². The smallest absolute Gasteiger partial charge is 0.282 e. The molecule has 1 saturated heterocycles. The van der Waals surface area contributed by atoms with Gasteiger partial charge in [0.25, 0.3) is 5.19 Å². The van der Waals surface area contributed by atoms with Crippen LogP contribution in [0.2, 0.25) is 0 Å². The van der Waals surface area contributed by atoms with Gasteiger partial charge in [0.1, 0.15) is 18.1 Å². The molecular weight excluding hydrogens is 424 g/mol. The van der Waals surface area contributed by atoms with Gasteiger partial charge in [0.2, 0.25) is 0 Å². The Bertz CT molecular complexity index is 1130. The number of likely N-dealkylation sites (tertiary alicyclic amines) is 1. The van der Waals surface area contributed by atoms with Crippen molar-refractivity contribution >= 4 is 21.8 Å². The van der Waals surface area contributed by atoms with Crippen LogP contribution in [0.25, 0.3) is 10.5 Å². The molecule has 0 spiro atoms. The Hall–Kier alpha value is -3.07. The minimum absolute atomic E-state index is 0.514. The highest BCUT2D eigenvalue weighted by Gasteiger charge is 2.33. The van der Waals surface area contributed by atoms with Crippen LogP contribution < -0.4 is 9.47 Å². The average Bonchev–Trinajstić information content (AvgIpc) is 3.24. The lowest BCUT2D eigenvalue weighted by Crippen LogP contribution is -2.43. The minimum Gasteiger partial charge on any atom is -0.492 e. The van der Waals surface area contributed by atoms with Gasteiger partial charge in [-0.15, -0.1) is 0 Å². The second-order valence-corrected chi connectivity index (χ2v) is 8.77. The first-order valence-electron chi connectivity index (χ1n) is 10.7. The quantitative estimate of drug-likeness (QED) is 0.453. The fraction of sp³-hybridized carbons (Fsp3) is 0.292. The number of thiazole rings is 1. The lowest BCUT2D eigenvalue weighted by Gasteiger charge is -2.38. The van der Waals surface area contributed by atoms with Crippen LogP contribution in [0.4, 0.5) is 0 Å². The molecule has 7 nitrogen and oxygen atoms in total. The third-order valence-corrected chi connectivity index (χ3v) is 6.56. The molecule has 1 aliphatic rings. The summed E-state index contributed by atoms with van der Waals surface area (Å²) in [6.45, 7) is 3.13. The number of fused-ring (bicyclic) bond motifs is 1. The van der Waals surface area contributed by atoms with Gasteiger partial charge in [-0.1, -0.05) is 41.7 Å². The first-order valence-corrected chi connectivity index (χ1v) is 11.5. The molecule has 3 heterocycles. The topological polar surface area (TPSA) is 80.6 Å². The maximum atomic E-state index is 11.0. The van der Waals surface area contributed by atoms with Crippen LogP contribution in [0.15, 0.2) is 67.0 Å². The number of hydrogen-bond acceptors (Lipinski definition) is 8. The van der Waals surface area contributed by atoms with Crippen LogP contribution in [-0.2, 0) is 5.60 Å². The number of nitrogens with zero attached hydrogens (tertiary/aromatic N) is 4. The third-order valence-electron chi connectivity index (χ3n) is 5.73. The Morgan fingerprint density at radius 2 is 1.66 bits per heavy atom. The van der Waals surface area contributed by atoms with Crippen molar-refractivity contribution in [3.63, 3.8) is 0 Å². The molecule has 164 valence electrons. The van der Waals surface area contributed by atoms with Gasteiger partial charge in [0.15, 0.2) is 10.5 Å². The molecule has 1 N–H and O–H groups in total. The van der Waals surface area contributed by atoms with E-state index in [1.165, 1.54) is 11.3 Å². The first kappa shape index (κ1) is 20.8. The maximum Gasteiger partial charge on any atom is 0.282 e. The number of ether oxygens (including phenoxy) is 2. The number of piperidine rings is 1. The van der Waals surface area contributed by atoms with Gasteiger partial charge >= 0.3 is 0 Å². The van der Waals surface area contributed by atoms with E-state index < -0.39 is 5.60 Å². The monoisotopic (exact) mass is 448 g/mol. The van der Waals surface area contributed by atoms with E-state index in [9.17, 15) is 5.11 Å². The largest absolute Gasteiger partial charge is 0.492 e. The molecule has 0 saturated carbocycles. The van der Waals surface area contributed by atoms with E-state index in [0.717, 1.165) is 48.6 Å². The van der Waals surface area contributed by atoms with Crippen molar-refractivity contribution in [3.8, 4) is 16.7 Å². The van der Waals surface area contributed by atoms with Crippen molar-refractivity contribution in [1.29, 1.82) is 0 Å². The molecule has 4 aromatic rings. The molecule has 0 atom stereocenters. The van der Waals surface area contributed by atoms with Gasteiger partial charge in [-0.05, 0) is 42.7 Å². The molecule has 1 aliphatic heterocycles. The van der Waals surface area contributed by atoms with Crippen molar-refractivity contribution in [2.45, 2.75) is 18.4 Å². The second-order valence-electron chi connectivity index (χ2n) is 7.83. The standard InChI is InChI=1S/C24H24N4O3S/c29-24(18-4-2-1-3-5-18)10-14-28(15-11-24)16-17-30-19-6-8-20(9-7-19)31-23-27-21-22(32-23)26-13-12-25-21/h1-9,12-13,29H,10-11,14-17H2. The zero-order valence-electron chi connectivity index (χ0n) is 17.6. The van der Waals surface area contributed by atoms with Crippen molar-refractivity contribution in [3.05, 3.63) is 72.6 Å². The Morgan fingerprint density at radius 3 is 2.41 bits per heavy atom. The number of aliphatic hydroxyl groups is 1. The summed E-state index contributed by atoms with van der Waals surface area (Å²) >= 11 is 1.36. The lowest BCUT2D eigenvalue weighted by atomic mass is 9.84. The average molecular weight is 449 g/mol. The van der Waals surface area contributed by atoms with E-state index in [2.05, 4.69) is 19.9 Å². The molecule has 0 bridgehead atoms. The van der Waals surface area contributed by atoms with Crippen molar-refractivity contribution in [1.82, 2.24) is 19.9 Å². The van der Waals surface area contributed by atoms with Crippen LogP contribution in [0.5, 0.6) is 16.7 Å². The van der Waals surface area contributed by atoms with E-state index in [4.69, 9.17) is 9.47 Å². The predicted octanol–water partition coefficient (Wildman–Crippen LogP) is 4.24. The first-order chi connectivity index (χ1) is 15.7. The summed E-state index contributed by atoms with van der Waals surface area (Å²) < 4.78 is 11.7. The highest BCUT2D eigenvalue weighted by molar-refractivity contribution is 7.19. The Balaban J connectivity index is 1.08. The van der Waals surface area contributed by atoms with E-state index in [1.807, 2.05) is 54.6 Å². The Kier molecular flexibility index (Phi) is 5.98. The molecule has 8 heteroatoms. The zero-order valence-corrected chi connectivity index (χ0v) is 18.4. The molecule has 0 unspecified atom stereocenters. The van der Waals surface area contributed by atoms with Crippen LogP contribution in [0.1, 0.15) is 18.4 Å². The van der Waals surface area contributed by atoms with Crippen molar-refractivity contribution < 1.29 is 14.6 Å². The van der Waals surface area contributed by atoms with E-state index in [1.54, 1.807) is 12.4 Å². The number of benzene rings is 2. The summed E-state index contributed by atoms with van der Waals surface area (Å²) in [6.07, 6.45) is 4.73. The molecule has 2 aromatic carbocycles. The lowest BCUT2D eigenvalue weighted by molar-refractivity contribution is -0.0278. The minimum atomic E-state index is -0.718. The van der Waals surface area contributed by atoms with Crippen LogP contribution >= 0.6 is 11.3 Å². The van der Waals surface area contributed by atoms with E-state index >= 15 is 0 Å². The number of rotatable bonds is 7. The van der Waals surface area contributed by atoms with Crippen LogP contribution in [0, 0.1) is 0 Å². The molecule has 0 aliphatic carbocycles. The molecule has 5 rings (SSSR count). The van der Waals surface area contributed by atoms with Crippen LogP contribution in [-0.4, -0.2) is 51.2 Å². The van der Waals surface area contributed by atoms with Crippen molar-refractivity contribution in [2.75, 3.05) is 26.2 Å². The molecule has 1 fully saturated rings. The highest BCUT2D eigenvalue weighted by Crippen LogP contribution is 2.33. The van der Waals surface area contributed by atoms with Gasteiger partial charge in [-0.25, -0.2) is 9.97 Å². The summed E-state index contributed by atoms with van der Waals surface area (Å²) in [5.74, 6) is 1.48. The summed E-state index contributed by atoms with van der Waals surface area (Å²) in [7, 11) is 0. The molecular formula is C24H24N4O3S. The van der Waals surface area contributed by atoms with E-state index in [0.29, 0.717) is 23.2 Å². The van der Waals surface area contributed by atoms with Gasteiger partial charge in [0, 0.05) is 32.0 Å². The second kappa shape index (κ2) is 9.20. The van der Waals surface area contributed by atoms with Gasteiger partial charge in [-0.3, -0.25) is 4.90 Å². The summed E-state index contributed by atoms with van der Waals surface area (Å²) in [5.41, 5.74) is 0.882. The van der Waals surface area contributed by atoms with E-state index in [-0.39, 0.29) is 0 Å². The maximum absolute atomic E-state index is 11.0. The molecule has 0 amide bonds. The molecule has 2 aromatic heterocycles. The normalized spacial score (nSPS) is 16.2. The number of hydrogen-bond donors (Lipinski definition) is 1. The predicted molar refractivity (Wildman–Crippen MR) is 123 cm³/mol. The molecule has 32 heavy (non-hydrogen) atoms. The fourth-order valence-corrected chi connectivity index (χ4v) is 4.62. The molecule has 0 radical (unpaired) electrons. The zero-order chi connectivity index (χ0) is 21.8. The summed E-state index contributed by atoms with van der Waals surface area (Å²) in [6, 6.07) is 17.5. The fourth-order valence-electron chi connectivity index (χ4n) is 3.88. The Labute approximate surface area is 190 Å². The Morgan fingerprint density at radius 1 is 0.938 bits per heavy atom. The van der Waals surface area contributed by atoms with Crippen LogP contribution in [0.3, 0.4) is 0 Å². The third kappa shape index (κ3) is 4.72. The summed E-state index contributed by atoms with van der Waals surface area (Å²) in [5, 5.41) is 11.5. The highest BCUT2D eigenvalue weighted by atomic mass is 32.1. The SMILES string of the molecule is OC1(c2ccccc2)CCN(CCOc2ccc(Oc3nc4nccnc4s3)cc2)CC1. The summed E-state index contributed by atoms with van der Waals surface area (Å²) in [4.78, 5) is 15.8. The van der Waals surface area contributed by atoms with Gasteiger partial charge in [-0.2, -0.15) is 4.98 Å². The number of aromatic nitrogens is 3. The van der Waals surface area contributed by atoms with Gasteiger partial charge in [0.05, 0.1) is 5.60 Å². The van der Waals surface area contributed by atoms with Crippen molar-refractivity contribution in [2.24, 2.45) is 0 Å².